The van der Waals surface area contributed by atoms with Gasteiger partial charge in [0.05, 0.1) is 5.56 Å². The third kappa shape index (κ3) is 3.18. The van der Waals surface area contributed by atoms with Crippen LogP contribution in [0.25, 0.3) is 0 Å². The van der Waals surface area contributed by atoms with E-state index in [1.54, 1.807) is 0 Å². The van der Waals surface area contributed by atoms with Crippen LogP contribution >= 0.6 is 0 Å². The molecule has 17 heavy (non-hydrogen) atoms. The molecule has 0 aliphatic carbocycles. The first-order chi connectivity index (χ1) is 7.99. The fraction of sp³-hybridized carbons (Fsp3) is 0.538. The number of nitrogens with two attached hydrogens (primary N) is 1. The molecule has 0 saturated carbocycles. The average molecular weight is 232 g/mol. The molecule has 0 aromatic carbocycles. The van der Waals surface area contributed by atoms with Gasteiger partial charge in [-0.3, -0.25) is 0 Å². The Labute approximate surface area is 103 Å². The highest BCUT2D eigenvalue weighted by Gasteiger charge is 2.15. The van der Waals surface area contributed by atoms with Crippen molar-refractivity contribution in [1.29, 1.82) is 5.26 Å². The molecule has 0 spiro atoms. The number of aromatic nitrogens is 1. The van der Waals surface area contributed by atoms with E-state index in [-0.39, 0.29) is 6.04 Å². The summed E-state index contributed by atoms with van der Waals surface area (Å²) in [7, 11) is 0. The largest absolute Gasteiger partial charge is 0.365 e. The molecule has 0 aliphatic heterocycles. The van der Waals surface area contributed by atoms with Crippen LogP contribution in [0.1, 0.15) is 30.7 Å². The van der Waals surface area contributed by atoms with Crippen molar-refractivity contribution in [3.05, 3.63) is 22.9 Å². The van der Waals surface area contributed by atoms with E-state index in [2.05, 4.69) is 30.2 Å². The van der Waals surface area contributed by atoms with Crippen molar-refractivity contribution < 1.29 is 0 Å². The zero-order valence-electron chi connectivity index (χ0n) is 10.9. The molecule has 1 aromatic rings. The maximum atomic E-state index is 9.15. The Morgan fingerprint density at radius 2 is 2.12 bits per heavy atom. The van der Waals surface area contributed by atoms with Crippen molar-refractivity contribution in [3.8, 4) is 6.07 Å². The van der Waals surface area contributed by atoms with Crippen molar-refractivity contribution in [2.45, 2.75) is 33.7 Å². The van der Waals surface area contributed by atoms with Gasteiger partial charge in [-0.15, -0.1) is 0 Å². The van der Waals surface area contributed by atoms with Crippen LogP contribution in [0.5, 0.6) is 0 Å². The number of aryl methyl sites for hydroxylation is 2. The van der Waals surface area contributed by atoms with Crippen molar-refractivity contribution in [2.24, 2.45) is 11.7 Å². The highest BCUT2D eigenvalue weighted by Crippen LogP contribution is 2.19. The van der Waals surface area contributed by atoms with Gasteiger partial charge in [-0.25, -0.2) is 4.98 Å². The monoisotopic (exact) mass is 232 g/mol. The van der Waals surface area contributed by atoms with Crippen molar-refractivity contribution in [3.63, 3.8) is 0 Å². The van der Waals surface area contributed by atoms with Crippen LogP contribution in [0, 0.1) is 31.1 Å². The third-order valence-corrected chi connectivity index (χ3v) is 2.84. The zero-order chi connectivity index (χ0) is 13.0. The molecule has 3 N–H and O–H groups in total. The van der Waals surface area contributed by atoms with Gasteiger partial charge in [0.2, 0.25) is 0 Å². The lowest BCUT2D eigenvalue weighted by Crippen LogP contribution is -2.34. The molecule has 4 heteroatoms. The average Bonchev–Trinajstić information content (AvgIpc) is 2.24. The Hall–Kier alpha value is -1.60. The molecule has 92 valence electrons. The summed E-state index contributed by atoms with van der Waals surface area (Å²) in [6.07, 6.45) is 0. The lowest BCUT2D eigenvalue weighted by Gasteiger charge is -2.22. The van der Waals surface area contributed by atoms with Crippen LogP contribution in [-0.2, 0) is 0 Å². The molecule has 1 heterocycles. The van der Waals surface area contributed by atoms with Crippen molar-refractivity contribution in [2.75, 3.05) is 11.9 Å². The number of hydrogen-bond donors (Lipinski definition) is 2. The molecule has 0 saturated heterocycles. The number of nitrogens with one attached hydrogen (secondary N) is 1. The minimum absolute atomic E-state index is 0.135. The summed E-state index contributed by atoms with van der Waals surface area (Å²) in [4.78, 5) is 4.39. The van der Waals surface area contributed by atoms with E-state index in [0.29, 0.717) is 23.8 Å². The van der Waals surface area contributed by atoms with Crippen molar-refractivity contribution in [1.82, 2.24) is 4.98 Å². The van der Waals surface area contributed by atoms with Crippen molar-refractivity contribution >= 4 is 5.82 Å². The molecule has 0 bridgehead atoms. The Morgan fingerprint density at radius 3 is 2.59 bits per heavy atom. The number of anilines is 1. The lowest BCUT2D eigenvalue weighted by molar-refractivity contribution is 0.530. The van der Waals surface area contributed by atoms with E-state index < -0.39 is 0 Å². The highest BCUT2D eigenvalue weighted by atomic mass is 15.0. The minimum atomic E-state index is 0.135. The molecule has 0 aliphatic rings. The predicted molar refractivity (Wildman–Crippen MR) is 69.7 cm³/mol. The fourth-order valence-electron chi connectivity index (χ4n) is 1.76. The topological polar surface area (TPSA) is 74.7 Å². The maximum Gasteiger partial charge on any atom is 0.144 e. The lowest BCUT2D eigenvalue weighted by atomic mass is 10.0. The van der Waals surface area contributed by atoms with E-state index in [9.17, 15) is 0 Å². The third-order valence-electron chi connectivity index (χ3n) is 2.84. The molecule has 0 fully saturated rings. The fourth-order valence-corrected chi connectivity index (χ4v) is 1.76. The number of rotatable bonds is 4. The maximum absolute atomic E-state index is 9.15. The second-order valence-electron chi connectivity index (χ2n) is 4.65. The Bertz CT molecular complexity index is 432. The molecular formula is C13H20N4. The smallest absolute Gasteiger partial charge is 0.144 e. The van der Waals surface area contributed by atoms with Crippen LogP contribution in [-0.4, -0.2) is 17.6 Å². The molecule has 1 unspecified atom stereocenters. The van der Waals surface area contributed by atoms with E-state index in [1.165, 1.54) is 0 Å². The summed E-state index contributed by atoms with van der Waals surface area (Å²) in [6.45, 7) is 8.56. The summed E-state index contributed by atoms with van der Waals surface area (Å²) in [5.74, 6) is 1.04. The molecule has 1 rings (SSSR count). The zero-order valence-corrected chi connectivity index (χ0v) is 10.9. The van der Waals surface area contributed by atoms with Gasteiger partial charge < -0.3 is 11.1 Å². The summed E-state index contributed by atoms with van der Waals surface area (Å²) >= 11 is 0. The SMILES string of the molecule is Cc1cc(C)c(C#N)c(NC(CN)C(C)C)n1. The van der Waals surface area contributed by atoms with Gasteiger partial charge in [0.1, 0.15) is 11.9 Å². The number of nitriles is 1. The first-order valence-electron chi connectivity index (χ1n) is 5.84. The summed E-state index contributed by atoms with van der Waals surface area (Å²) in [6, 6.07) is 4.24. The Morgan fingerprint density at radius 1 is 1.47 bits per heavy atom. The summed E-state index contributed by atoms with van der Waals surface area (Å²) in [5.41, 5.74) is 8.17. The van der Waals surface area contributed by atoms with Gasteiger partial charge in [-0.2, -0.15) is 5.26 Å². The van der Waals surface area contributed by atoms with Gasteiger partial charge in [-0.1, -0.05) is 13.8 Å². The van der Waals surface area contributed by atoms with Gasteiger partial charge in [0, 0.05) is 18.3 Å². The highest BCUT2D eigenvalue weighted by molar-refractivity contribution is 5.56. The standard InChI is InChI=1S/C13H20N4/c1-8(2)12(7-15)17-13-11(6-14)9(3)5-10(4)16-13/h5,8,12H,7,15H2,1-4H3,(H,16,17). The number of pyridine rings is 1. The molecule has 0 amide bonds. The summed E-state index contributed by atoms with van der Waals surface area (Å²) < 4.78 is 0. The van der Waals surface area contributed by atoms with Crippen LogP contribution < -0.4 is 11.1 Å². The molecule has 1 aromatic heterocycles. The molecular weight excluding hydrogens is 212 g/mol. The van der Waals surface area contributed by atoms with Crippen LogP contribution in [0.2, 0.25) is 0 Å². The number of nitrogens with zero attached hydrogens (tertiary/aromatic N) is 2. The van der Waals surface area contributed by atoms with Crippen LogP contribution in [0.15, 0.2) is 6.07 Å². The number of hydrogen-bond acceptors (Lipinski definition) is 4. The van der Waals surface area contributed by atoms with E-state index in [4.69, 9.17) is 11.0 Å². The normalized spacial score (nSPS) is 12.3. The Kier molecular flexibility index (Phi) is 4.47. The van der Waals surface area contributed by atoms with Gasteiger partial charge in [0.15, 0.2) is 0 Å². The Balaban J connectivity index is 3.09. The molecule has 4 nitrogen and oxygen atoms in total. The second kappa shape index (κ2) is 5.65. The van der Waals surface area contributed by atoms with E-state index in [1.807, 2.05) is 19.9 Å². The first kappa shape index (κ1) is 13.5. The van der Waals surface area contributed by atoms with Crippen LogP contribution in [0.4, 0.5) is 5.82 Å². The quantitative estimate of drug-likeness (QED) is 0.832. The van der Waals surface area contributed by atoms with Gasteiger partial charge in [-0.05, 0) is 31.4 Å². The first-order valence-corrected chi connectivity index (χ1v) is 5.84. The van der Waals surface area contributed by atoms with Gasteiger partial charge >= 0.3 is 0 Å². The van der Waals surface area contributed by atoms with Crippen LogP contribution in [0.3, 0.4) is 0 Å². The second-order valence-corrected chi connectivity index (χ2v) is 4.65. The summed E-state index contributed by atoms with van der Waals surface area (Å²) in [5, 5.41) is 12.4. The van der Waals surface area contributed by atoms with Gasteiger partial charge in [0.25, 0.3) is 0 Å². The predicted octanol–water partition coefficient (Wildman–Crippen LogP) is 1.97. The van der Waals surface area contributed by atoms with E-state index in [0.717, 1.165) is 11.3 Å². The minimum Gasteiger partial charge on any atom is -0.365 e. The van der Waals surface area contributed by atoms with E-state index >= 15 is 0 Å². The molecule has 1 atom stereocenters. The molecule has 0 radical (unpaired) electrons.